The van der Waals surface area contributed by atoms with Gasteiger partial charge in [-0.25, -0.2) is 16.8 Å². The first kappa shape index (κ1) is 23.2. The molecule has 0 spiro atoms. The van der Waals surface area contributed by atoms with Gasteiger partial charge in [0.05, 0.1) is 19.6 Å². The molecule has 0 aromatic heterocycles. The summed E-state index contributed by atoms with van der Waals surface area (Å²) >= 11 is 0. The van der Waals surface area contributed by atoms with Gasteiger partial charge in [-0.05, 0) is 60.7 Å². The monoisotopic (exact) mass is 492 g/mol. The zero-order valence-corrected chi connectivity index (χ0v) is 19.4. The molecule has 9 heteroatoms. The van der Waals surface area contributed by atoms with Crippen molar-refractivity contribution in [3.05, 3.63) is 108 Å². The van der Waals surface area contributed by atoms with Gasteiger partial charge in [0.15, 0.2) is 5.78 Å². The van der Waals surface area contributed by atoms with Crippen molar-refractivity contribution in [1.82, 2.24) is 0 Å². The van der Waals surface area contributed by atoms with Crippen LogP contribution in [-0.4, -0.2) is 22.6 Å². The largest absolute Gasteiger partial charge is 0.399 e. The number of hydrogen-bond acceptors (Lipinski definition) is 7. The number of ketones is 1. The Morgan fingerprint density at radius 1 is 0.500 bits per heavy atom. The molecule has 4 rings (SSSR count). The van der Waals surface area contributed by atoms with E-state index < -0.39 is 25.5 Å². The van der Waals surface area contributed by atoms with Crippen molar-refractivity contribution in [1.29, 1.82) is 0 Å². The summed E-state index contributed by atoms with van der Waals surface area (Å²) in [5, 5.41) is 0. The Hall–Kier alpha value is -3.95. The van der Waals surface area contributed by atoms with Gasteiger partial charge in [0.25, 0.3) is 0 Å². The Labute approximate surface area is 197 Å². The van der Waals surface area contributed by atoms with Crippen molar-refractivity contribution in [2.24, 2.45) is 0 Å². The van der Waals surface area contributed by atoms with Crippen LogP contribution in [0.3, 0.4) is 0 Å². The summed E-state index contributed by atoms with van der Waals surface area (Å²) in [6.45, 7) is 0. The van der Waals surface area contributed by atoms with Crippen molar-refractivity contribution >= 4 is 36.8 Å². The SMILES string of the molecule is Nc1cccc(S(=O)(=O)c2cccc(C(=O)c3cccc(S(=O)(=O)c4cccc(N)c4)c3)c2)c1. The summed E-state index contributed by atoms with van der Waals surface area (Å²) in [5.41, 5.74) is 12.2. The molecule has 7 nitrogen and oxygen atoms in total. The number of sulfone groups is 2. The highest BCUT2D eigenvalue weighted by Crippen LogP contribution is 2.26. The molecule has 0 fully saturated rings. The maximum atomic E-state index is 13.2. The number of nitrogens with two attached hydrogens (primary N) is 2. The van der Waals surface area contributed by atoms with Gasteiger partial charge in [-0.3, -0.25) is 4.79 Å². The van der Waals surface area contributed by atoms with E-state index in [1.165, 1.54) is 84.9 Å². The van der Waals surface area contributed by atoms with Crippen LogP contribution in [0, 0.1) is 0 Å². The van der Waals surface area contributed by atoms with Crippen LogP contribution in [0.4, 0.5) is 11.4 Å². The average molecular weight is 493 g/mol. The molecular formula is C25H20N2O5S2. The zero-order chi connectivity index (χ0) is 24.5. The molecule has 0 bridgehead atoms. The molecule has 172 valence electrons. The van der Waals surface area contributed by atoms with Crippen LogP contribution in [-0.2, 0) is 19.7 Å². The maximum absolute atomic E-state index is 13.2. The molecular weight excluding hydrogens is 472 g/mol. The predicted molar refractivity (Wildman–Crippen MR) is 129 cm³/mol. The van der Waals surface area contributed by atoms with Gasteiger partial charge in [-0.1, -0.05) is 36.4 Å². The van der Waals surface area contributed by atoms with Gasteiger partial charge in [-0.2, -0.15) is 0 Å². The van der Waals surface area contributed by atoms with Gasteiger partial charge in [0.2, 0.25) is 19.7 Å². The molecule has 0 heterocycles. The van der Waals surface area contributed by atoms with E-state index in [2.05, 4.69) is 0 Å². The number of anilines is 2. The third-order valence-electron chi connectivity index (χ3n) is 5.15. The van der Waals surface area contributed by atoms with Crippen molar-refractivity contribution in [3.8, 4) is 0 Å². The van der Waals surface area contributed by atoms with Crippen LogP contribution >= 0.6 is 0 Å². The molecule has 4 aromatic rings. The highest BCUT2D eigenvalue weighted by Gasteiger charge is 2.22. The summed E-state index contributed by atoms with van der Waals surface area (Å²) in [6, 6.07) is 22.9. The number of carbonyl (C=O) groups excluding carboxylic acids is 1. The van der Waals surface area contributed by atoms with E-state index in [0.717, 1.165) is 0 Å². The fourth-order valence-corrected chi connectivity index (χ4v) is 6.13. The van der Waals surface area contributed by atoms with Crippen molar-refractivity contribution in [2.45, 2.75) is 19.6 Å². The second-order valence-corrected chi connectivity index (χ2v) is 11.4. The van der Waals surface area contributed by atoms with Crippen molar-refractivity contribution in [2.75, 3.05) is 11.5 Å². The summed E-state index contributed by atoms with van der Waals surface area (Å²) < 4.78 is 52.0. The second-order valence-electron chi connectivity index (χ2n) is 7.54. The average Bonchev–Trinajstić information content (AvgIpc) is 2.84. The first-order valence-corrected chi connectivity index (χ1v) is 13.0. The van der Waals surface area contributed by atoms with Gasteiger partial charge >= 0.3 is 0 Å². The van der Waals surface area contributed by atoms with E-state index in [9.17, 15) is 21.6 Å². The first-order chi connectivity index (χ1) is 16.1. The molecule has 0 unspecified atom stereocenters. The lowest BCUT2D eigenvalue weighted by molar-refractivity contribution is 0.103. The summed E-state index contributed by atoms with van der Waals surface area (Å²) in [4.78, 5) is 13.0. The predicted octanol–water partition coefficient (Wildman–Crippen LogP) is 3.75. The van der Waals surface area contributed by atoms with Crippen LogP contribution < -0.4 is 11.5 Å². The summed E-state index contributed by atoms with van der Waals surface area (Å²) in [5.74, 6) is -0.519. The Morgan fingerprint density at radius 2 is 0.824 bits per heavy atom. The normalized spacial score (nSPS) is 11.8. The molecule has 4 N–H and O–H groups in total. The Balaban J connectivity index is 1.71. The number of hydrogen-bond donors (Lipinski definition) is 2. The zero-order valence-electron chi connectivity index (χ0n) is 17.8. The van der Waals surface area contributed by atoms with Crippen molar-refractivity contribution in [3.63, 3.8) is 0 Å². The summed E-state index contributed by atoms with van der Waals surface area (Å²) in [6.07, 6.45) is 0. The van der Waals surface area contributed by atoms with Gasteiger partial charge < -0.3 is 11.5 Å². The lowest BCUT2D eigenvalue weighted by Gasteiger charge is -2.09. The Kier molecular flexibility index (Phi) is 5.99. The first-order valence-electron chi connectivity index (χ1n) is 10.1. The number of nitrogen functional groups attached to an aromatic ring is 2. The van der Waals surface area contributed by atoms with Crippen LogP contribution in [0.25, 0.3) is 0 Å². The molecule has 0 aliphatic carbocycles. The standard InChI is InChI=1S/C25H20N2O5S2/c26-19-7-3-11-23(15-19)33(29,30)21-9-1-5-17(13-21)25(28)18-6-2-10-22(14-18)34(31,32)24-12-4-8-20(27)16-24/h1-16H,26-27H2. The van der Waals surface area contributed by atoms with Crippen LogP contribution in [0.15, 0.2) is 117 Å². The van der Waals surface area contributed by atoms with Crippen LogP contribution in [0.5, 0.6) is 0 Å². The molecule has 0 radical (unpaired) electrons. The molecule has 0 amide bonds. The third-order valence-corrected chi connectivity index (χ3v) is 8.65. The summed E-state index contributed by atoms with van der Waals surface area (Å²) in [7, 11) is -7.82. The Bertz CT molecular complexity index is 1510. The molecule has 0 aliphatic rings. The van der Waals surface area contributed by atoms with E-state index in [4.69, 9.17) is 11.5 Å². The van der Waals surface area contributed by atoms with E-state index in [1.54, 1.807) is 12.1 Å². The van der Waals surface area contributed by atoms with Gasteiger partial charge in [0, 0.05) is 22.5 Å². The number of benzene rings is 4. The minimum absolute atomic E-state index is 0.00678. The third kappa shape index (κ3) is 4.43. The number of carbonyl (C=O) groups is 1. The van der Waals surface area contributed by atoms with E-state index in [1.807, 2.05) is 0 Å². The minimum atomic E-state index is -3.91. The molecule has 4 aromatic carbocycles. The minimum Gasteiger partial charge on any atom is -0.399 e. The molecule has 0 atom stereocenters. The smallest absolute Gasteiger partial charge is 0.206 e. The van der Waals surface area contributed by atoms with Crippen molar-refractivity contribution < 1.29 is 21.6 Å². The highest BCUT2D eigenvalue weighted by atomic mass is 32.2. The Morgan fingerprint density at radius 3 is 1.18 bits per heavy atom. The van der Waals surface area contributed by atoms with Gasteiger partial charge in [0.1, 0.15) is 0 Å². The topological polar surface area (TPSA) is 137 Å². The van der Waals surface area contributed by atoms with E-state index in [0.29, 0.717) is 11.4 Å². The molecule has 0 saturated heterocycles. The van der Waals surface area contributed by atoms with E-state index in [-0.39, 0.29) is 30.7 Å². The second kappa shape index (κ2) is 8.77. The lowest BCUT2D eigenvalue weighted by atomic mass is 10.0. The number of rotatable bonds is 6. The van der Waals surface area contributed by atoms with Gasteiger partial charge in [-0.15, -0.1) is 0 Å². The maximum Gasteiger partial charge on any atom is 0.206 e. The molecule has 0 aliphatic heterocycles. The lowest BCUT2D eigenvalue weighted by Crippen LogP contribution is -2.08. The fourth-order valence-electron chi connectivity index (χ4n) is 3.41. The highest BCUT2D eigenvalue weighted by molar-refractivity contribution is 7.91. The molecule has 34 heavy (non-hydrogen) atoms. The molecule has 0 saturated carbocycles. The fraction of sp³-hybridized carbons (Fsp3) is 0. The quantitative estimate of drug-likeness (QED) is 0.309. The van der Waals surface area contributed by atoms with E-state index >= 15 is 0 Å². The van der Waals surface area contributed by atoms with Crippen LogP contribution in [0.1, 0.15) is 15.9 Å². The van der Waals surface area contributed by atoms with Crippen LogP contribution in [0.2, 0.25) is 0 Å².